The third-order valence-corrected chi connectivity index (χ3v) is 0. The Morgan fingerprint density at radius 1 is 0.889 bits per heavy atom. The Balaban J connectivity index is -0.0000000133. The van der Waals surface area contributed by atoms with E-state index < -0.39 is 18.1 Å². The van der Waals surface area contributed by atoms with Gasteiger partial charge >= 0.3 is 192 Å². The molecule has 4 N–H and O–H groups in total. The molecule has 0 aromatic carbocycles. The fourth-order valence-corrected chi connectivity index (χ4v) is 0. The molecule has 9 heteroatoms. The van der Waals surface area contributed by atoms with Crippen LogP contribution >= 0.6 is 0 Å². The van der Waals surface area contributed by atoms with Gasteiger partial charge in [-0.25, -0.2) is 0 Å². The van der Waals surface area contributed by atoms with Crippen LogP contribution in [0.15, 0.2) is 0 Å². The average molecular weight is 596 g/mol. The Morgan fingerprint density at radius 3 is 0.889 bits per heavy atom. The van der Waals surface area contributed by atoms with Crippen LogP contribution in [0.3, 0.4) is 0 Å². The summed E-state index contributed by atoms with van der Waals surface area (Å²) in [7, 11) is 0. The van der Waals surface area contributed by atoms with Gasteiger partial charge in [-0.05, 0) is 0 Å². The van der Waals surface area contributed by atoms with E-state index in [1.807, 2.05) is 0 Å². The third-order valence-electron chi connectivity index (χ3n) is 0. The molecule has 0 aliphatic rings. The summed E-state index contributed by atoms with van der Waals surface area (Å²) in [5.41, 5.74) is 0. The molecule has 4 nitrogen and oxygen atoms in total. The van der Waals surface area contributed by atoms with Crippen LogP contribution in [0.25, 0.3) is 0 Å². The van der Waals surface area contributed by atoms with Crippen molar-refractivity contribution in [2.24, 2.45) is 0 Å². The predicted molar refractivity (Wildman–Crippen MR) is 43.1 cm³/mol. The van der Waals surface area contributed by atoms with E-state index >= 15 is 0 Å². The Labute approximate surface area is 186 Å². The van der Waals surface area contributed by atoms with E-state index in [-0.39, 0.29) is 159 Å². The summed E-state index contributed by atoms with van der Waals surface area (Å²) in [5, 5.41) is 0. The van der Waals surface area contributed by atoms with Crippen LogP contribution < -0.4 is 0 Å². The molecule has 50 valence electrons. The molecular formula is H12BaCaO4PbSrTi. The molecule has 0 aliphatic carbocycles. The topological polar surface area (TPSA) is 80.9 Å². The van der Waals surface area contributed by atoms with Crippen LogP contribution in [-0.2, 0) is 18.1 Å². The van der Waals surface area contributed by atoms with Gasteiger partial charge < -0.3 is 0 Å². The number of rotatable bonds is 0. The van der Waals surface area contributed by atoms with Crippen LogP contribution in [-0.4, -0.2) is 174 Å². The Kier molecular flexibility index (Phi) is 52.9. The SMILES string of the molecule is [BaH2].[CaH2].[OH][Ti]([OH])([OH])[OH].[PbH2].[SrH2]. The standard InChI is InChI=1S/Ba.Ca.4H2O.Pb.Sr.Ti.8H/h;;4*1H2;;;;;;;;;;;/q;;;;;;;;+4;;;;;;;;/p-4. The average Bonchev–Trinajstić information content (AvgIpc) is 0.722. The number of hydrogen-bond donors (Lipinski definition) is 4. The summed E-state index contributed by atoms with van der Waals surface area (Å²) in [5.74, 6) is 0. The monoisotopic (exact) mass is 598 g/mol. The van der Waals surface area contributed by atoms with E-state index in [0.29, 0.717) is 0 Å². The molecular weight excluding hydrogens is 584 g/mol. The quantitative estimate of drug-likeness (QED) is 0.211. The fraction of sp³-hybridized carbons (Fsp3) is 0. The van der Waals surface area contributed by atoms with Gasteiger partial charge in [0, 0.05) is 0 Å². The van der Waals surface area contributed by atoms with E-state index in [2.05, 4.69) is 0 Å². The minimum absolute atomic E-state index is 0. The zero-order valence-corrected chi connectivity index (χ0v) is 10.1. The van der Waals surface area contributed by atoms with Gasteiger partial charge in [0.25, 0.3) is 0 Å². The Hall–Kier alpha value is 5.79. The van der Waals surface area contributed by atoms with Crippen LogP contribution in [0.5, 0.6) is 0 Å². The maximum atomic E-state index is 7.38. The summed E-state index contributed by atoms with van der Waals surface area (Å²) in [6.45, 7) is 0. The Bertz CT molecular complexity index is 36.0. The van der Waals surface area contributed by atoms with Crippen molar-refractivity contribution in [3.8, 4) is 0 Å². The normalized spacial score (nSPS) is 6.67. The first-order valence-electron chi connectivity index (χ1n) is 0.894. The van der Waals surface area contributed by atoms with Crippen molar-refractivity contribution in [3.05, 3.63) is 0 Å². The second kappa shape index (κ2) is 16.2. The Morgan fingerprint density at radius 2 is 0.889 bits per heavy atom. The van der Waals surface area contributed by atoms with Crippen molar-refractivity contribution in [2.45, 2.75) is 0 Å². The zero-order valence-electron chi connectivity index (χ0n) is 3.00. The van der Waals surface area contributed by atoms with Gasteiger partial charge in [-0.3, -0.25) is 0 Å². The molecule has 0 rings (SSSR count). The zero-order chi connectivity index (χ0) is 4.50. The predicted octanol–water partition coefficient (Wildman–Crippen LogP) is -5.90. The van der Waals surface area contributed by atoms with Crippen molar-refractivity contribution >= 4 is 159 Å². The van der Waals surface area contributed by atoms with Crippen molar-refractivity contribution < 1.29 is 32.9 Å². The van der Waals surface area contributed by atoms with Gasteiger partial charge in [0.05, 0.1) is 0 Å². The summed E-state index contributed by atoms with van der Waals surface area (Å²) >= 11 is -5.00. The molecule has 9 heavy (non-hydrogen) atoms. The van der Waals surface area contributed by atoms with E-state index in [1.165, 1.54) is 0 Å². The second-order valence-electron chi connectivity index (χ2n) is 0.600. The molecule has 2 radical (unpaired) electrons. The van der Waals surface area contributed by atoms with Crippen LogP contribution in [0.4, 0.5) is 0 Å². The van der Waals surface area contributed by atoms with E-state index in [9.17, 15) is 0 Å². The van der Waals surface area contributed by atoms with Crippen molar-refractivity contribution in [1.82, 2.24) is 0 Å². The summed E-state index contributed by atoms with van der Waals surface area (Å²) in [6, 6.07) is 0. The van der Waals surface area contributed by atoms with Crippen LogP contribution in [0.1, 0.15) is 0 Å². The molecule has 0 saturated carbocycles. The molecule has 0 amide bonds. The first kappa shape index (κ1) is 29.3. The first-order valence-corrected chi connectivity index (χ1v) is 3.69. The van der Waals surface area contributed by atoms with E-state index in [1.54, 1.807) is 0 Å². The molecule has 0 atom stereocenters. The fourth-order valence-electron chi connectivity index (χ4n) is 0. The van der Waals surface area contributed by atoms with Crippen LogP contribution in [0.2, 0.25) is 0 Å². The van der Waals surface area contributed by atoms with Gasteiger partial charge in [-0.2, -0.15) is 0 Å². The van der Waals surface area contributed by atoms with E-state index in [0.717, 1.165) is 0 Å². The summed E-state index contributed by atoms with van der Waals surface area (Å²) < 4.78 is 29.5. The van der Waals surface area contributed by atoms with Crippen molar-refractivity contribution in [1.29, 1.82) is 0 Å². The molecule has 0 bridgehead atoms. The summed E-state index contributed by atoms with van der Waals surface area (Å²) in [6.07, 6.45) is 0. The maximum absolute atomic E-state index is 7.38. The third kappa shape index (κ3) is 57.2. The molecule has 0 aromatic rings. The van der Waals surface area contributed by atoms with Crippen LogP contribution in [0, 0.1) is 0 Å². The van der Waals surface area contributed by atoms with Gasteiger partial charge in [-0.15, -0.1) is 0 Å². The summed E-state index contributed by atoms with van der Waals surface area (Å²) in [4.78, 5) is 0. The minimum atomic E-state index is -5.00. The van der Waals surface area contributed by atoms with Gasteiger partial charge in [0.2, 0.25) is 0 Å². The second-order valence-corrected chi connectivity index (χ2v) is 2.47. The molecule has 0 fully saturated rings. The molecule has 0 aliphatic heterocycles. The van der Waals surface area contributed by atoms with Crippen molar-refractivity contribution in [2.75, 3.05) is 0 Å². The van der Waals surface area contributed by atoms with Crippen molar-refractivity contribution in [3.63, 3.8) is 0 Å². The molecule has 0 spiro atoms. The van der Waals surface area contributed by atoms with E-state index in [4.69, 9.17) is 14.8 Å². The number of hydrogen-bond acceptors (Lipinski definition) is 4. The molecule has 0 heterocycles. The van der Waals surface area contributed by atoms with Gasteiger partial charge in [-0.1, -0.05) is 0 Å². The van der Waals surface area contributed by atoms with Gasteiger partial charge in [0.1, 0.15) is 0 Å². The molecule has 0 aromatic heterocycles. The first-order chi connectivity index (χ1) is 2.00. The van der Waals surface area contributed by atoms with Gasteiger partial charge in [0.15, 0.2) is 0 Å². The molecule has 0 saturated heterocycles. The molecule has 0 unspecified atom stereocenters.